The van der Waals surface area contributed by atoms with Gasteiger partial charge in [-0.05, 0) is 0 Å². The minimum Gasteiger partial charge on any atom is -0.404 e. The molecule has 18 heavy (non-hydrogen) atoms. The van der Waals surface area contributed by atoms with E-state index in [1.165, 1.54) is 13.0 Å². The molecular weight excluding hydrogens is 273 g/mol. The van der Waals surface area contributed by atoms with E-state index in [0.29, 0.717) is 0 Å². The van der Waals surface area contributed by atoms with Crippen LogP contribution in [0.3, 0.4) is 0 Å². The first-order valence-corrected chi connectivity index (χ1v) is 6.24. The molecule has 0 aliphatic carbocycles. The highest BCUT2D eigenvalue weighted by Crippen LogP contribution is 2.31. The van der Waals surface area contributed by atoms with Crippen LogP contribution in [0.2, 0.25) is 0 Å². The summed E-state index contributed by atoms with van der Waals surface area (Å²) < 4.78 is 63.3. The molecule has 0 saturated carbocycles. The molecule has 0 spiro atoms. The number of nitrogens with zero attached hydrogens (tertiary/aromatic N) is 2. The molecule has 1 aromatic rings. The zero-order chi connectivity index (χ0) is 14.0. The van der Waals surface area contributed by atoms with Crippen molar-refractivity contribution in [2.75, 3.05) is 5.75 Å². The molecule has 5 nitrogen and oxygen atoms in total. The van der Waals surface area contributed by atoms with E-state index in [1.54, 1.807) is 0 Å². The van der Waals surface area contributed by atoms with E-state index in [4.69, 9.17) is 5.26 Å². The molecule has 1 aromatic heterocycles. The minimum atomic E-state index is -5.05. The van der Waals surface area contributed by atoms with Gasteiger partial charge in [0.15, 0.2) is 21.3 Å². The van der Waals surface area contributed by atoms with E-state index in [0.717, 1.165) is 12.3 Å². The topological polar surface area (TPSA) is 80.1 Å². The van der Waals surface area contributed by atoms with Crippen molar-refractivity contribution >= 4 is 9.84 Å². The van der Waals surface area contributed by atoms with Gasteiger partial charge in [-0.25, -0.2) is 13.4 Å². The predicted octanol–water partition coefficient (Wildman–Crippen LogP) is 1.65. The molecule has 0 aliphatic rings. The highest BCUT2D eigenvalue weighted by molar-refractivity contribution is 7.91. The zero-order valence-corrected chi connectivity index (χ0v) is 9.84. The number of halogens is 3. The van der Waals surface area contributed by atoms with Gasteiger partial charge in [0.05, 0.1) is 5.75 Å². The Bertz CT molecular complexity index is 590. The van der Waals surface area contributed by atoms with Crippen LogP contribution in [-0.4, -0.2) is 25.5 Å². The lowest BCUT2D eigenvalue weighted by Crippen LogP contribution is -2.20. The lowest BCUT2D eigenvalue weighted by molar-refractivity contribution is -0.275. The normalized spacial score (nSPS) is 11.9. The van der Waals surface area contributed by atoms with Crippen molar-refractivity contribution in [2.24, 2.45) is 0 Å². The molecule has 0 atom stereocenters. The number of aromatic nitrogens is 1. The molecule has 0 saturated heterocycles. The van der Waals surface area contributed by atoms with Gasteiger partial charge in [0.1, 0.15) is 11.0 Å². The SMILES string of the molecule is CCS(=O)(=O)c1c(OC(F)(F)F)ccnc1C#N. The lowest BCUT2D eigenvalue weighted by atomic mass is 10.3. The molecule has 0 bridgehead atoms. The maximum absolute atomic E-state index is 12.1. The van der Waals surface area contributed by atoms with Crippen molar-refractivity contribution in [1.29, 1.82) is 5.26 Å². The van der Waals surface area contributed by atoms with Gasteiger partial charge in [0.2, 0.25) is 0 Å². The molecule has 0 N–H and O–H groups in total. The molecule has 0 radical (unpaired) electrons. The second-order valence-electron chi connectivity index (χ2n) is 3.05. The van der Waals surface area contributed by atoms with Crippen LogP contribution in [0, 0.1) is 11.3 Å². The van der Waals surface area contributed by atoms with Crippen molar-refractivity contribution in [3.8, 4) is 11.8 Å². The Balaban J connectivity index is 3.50. The number of ether oxygens (including phenoxy) is 1. The predicted molar refractivity (Wildman–Crippen MR) is 53.4 cm³/mol. The molecule has 0 aromatic carbocycles. The van der Waals surface area contributed by atoms with Crippen molar-refractivity contribution in [1.82, 2.24) is 4.98 Å². The molecule has 9 heteroatoms. The van der Waals surface area contributed by atoms with E-state index in [9.17, 15) is 21.6 Å². The van der Waals surface area contributed by atoms with Gasteiger partial charge in [-0.1, -0.05) is 6.92 Å². The van der Waals surface area contributed by atoms with Crippen LogP contribution in [0.4, 0.5) is 13.2 Å². The summed E-state index contributed by atoms with van der Waals surface area (Å²) in [5, 5.41) is 8.69. The van der Waals surface area contributed by atoms with Crippen molar-refractivity contribution < 1.29 is 26.3 Å². The number of sulfone groups is 1. The van der Waals surface area contributed by atoms with E-state index in [1.807, 2.05) is 0 Å². The minimum absolute atomic E-state index is 0.471. The van der Waals surface area contributed by atoms with Gasteiger partial charge in [-0.2, -0.15) is 5.26 Å². The monoisotopic (exact) mass is 280 g/mol. The number of nitriles is 1. The highest BCUT2D eigenvalue weighted by atomic mass is 32.2. The molecule has 0 amide bonds. The fourth-order valence-corrected chi connectivity index (χ4v) is 2.26. The third-order valence-corrected chi connectivity index (χ3v) is 3.67. The summed E-state index contributed by atoms with van der Waals surface area (Å²) in [6, 6.07) is 2.17. The number of alkyl halides is 3. The Morgan fingerprint density at radius 3 is 2.56 bits per heavy atom. The Kier molecular flexibility index (Phi) is 3.81. The largest absolute Gasteiger partial charge is 0.573 e. The quantitative estimate of drug-likeness (QED) is 0.841. The van der Waals surface area contributed by atoms with Gasteiger partial charge in [-0.3, -0.25) is 0 Å². The molecule has 0 fully saturated rings. The van der Waals surface area contributed by atoms with Crippen molar-refractivity contribution in [2.45, 2.75) is 18.2 Å². The number of rotatable bonds is 3. The highest BCUT2D eigenvalue weighted by Gasteiger charge is 2.35. The zero-order valence-electron chi connectivity index (χ0n) is 9.02. The maximum Gasteiger partial charge on any atom is 0.573 e. The number of hydrogen-bond acceptors (Lipinski definition) is 5. The summed E-state index contributed by atoms with van der Waals surface area (Å²) in [7, 11) is -4.05. The Hall–Kier alpha value is -1.82. The van der Waals surface area contributed by atoms with Crippen LogP contribution in [0.1, 0.15) is 12.6 Å². The molecule has 0 aliphatic heterocycles. The molecule has 1 heterocycles. The molecular formula is C9H7F3N2O3S. The van der Waals surface area contributed by atoms with Gasteiger partial charge >= 0.3 is 6.36 Å². The Labute approximate surface area is 101 Å². The second kappa shape index (κ2) is 4.81. The van der Waals surface area contributed by atoms with E-state index < -0.39 is 38.3 Å². The summed E-state index contributed by atoms with van der Waals surface area (Å²) >= 11 is 0. The first-order valence-electron chi connectivity index (χ1n) is 4.59. The van der Waals surface area contributed by atoms with Crippen LogP contribution in [-0.2, 0) is 9.84 Å². The smallest absolute Gasteiger partial charge is 0.404 e. The first kappa shape index (κ1) is 14.2. The van der Waals surface area contributed by atoms with Crippen LogP contribution >= 0.6 is 0 Å². The maximum atomic E-state index is 12.1. The van der Waals surface area contributed by atoms with Crippen LogP contribution < -0.4 is 4.74 Å². The average Bonchev–Trinajstić information content (AvgIpc) is 2.26. The number of hydrogen-bond donors (Lipinski definition) is 0. The fourth-order valence-electron chi connectivity index (χ4n) is 1.16. The average molecular weight is 280 g/mol. The van der Waals surface area contributed by atoms with Crippen molar-refractivity contribution in [3.63, 3.8) is 0 Å². The number of pyridine rings is 1. The molecule has 98 valence electrons. The van der Waals surface area contributed by atoms with E-state index in [2.05, 4.69) is 9.72 Å². The summed E-state index contributed by atoms with van der Waals surface area (Å²) in [5.74, 6) is -1.42. The summed E-state index contributed by atoms with van der Waals surface area (Å²) in [6.45, 7) is 1.24. The Morgan fingerprint density at radius 2 is 2.11 bits per heavy atom. The van der Waals surface area contributed by atoms with Gasteiger partial charge in [-0.15, -0.1) is 13.2 Å². The van der Waals surface area contributed by atoms with Crippen LogP contribution in [0.5, 0.6) is 5.75 Å². The Morgan fingerprint density at radius 1 is 1.50 bits per heavy atom. The fraction of sp³-hybridized carbons (Fsp3) is 0.333. The summed E-state index contributed by atoms with van der Waals surface area (Å²) in [4.78, 5) is 2.57. The second-order valence-corrected chi connectivity index (χ2v) is 5.26. The van der Waals surface area contributed by atoms with Gasteiger partial charge < -0.3 is 4.74 Å². The third kappa shape index (κ3) is 3.10. The standard InChI is InChI=1S/C9H7F3N2O3S/c1-2-18(15,16)8-6(5-13)14-4-3-7(8)17-9(10,11)12/h3-4H,2H2,1H3. The van der Waals surface area contributed by atoms with Crippen LogP contribution in [0.25, 0.3) is 0 Å². The molecule has 0 unspecified atom stereocenters. The summed E-state index contributed by atoms with van der Waals surface area (Å²) in [5.41, 5.74) is -0.626. The van der Waals surface area contributed by atoms with E-state index >= 15 is 0 Å². The molecule has 1 rings (SSSR count). The van der Waals surface area contributed by atoms with Gasteiger partial charge in [0.25, 0.3) is 0 Å². The van der Waals surface area contributed by atoms with Gasteiger partial charge in [0, 0.05) is 12.3 Å². The van der Waals surface area contributed by atoms with Crippen LogP contribution in [0.15, 0.2) is 17.2 Å². The first-order chi connectivity index (χ1) is 8.21. The lowest BCUT2D eigenvalue weighted by Gasteiger charge is -2.13. The third-order valence-electron chi connectivity index (χ3n) is 1.89. The van der Waals surface area contributed by atoms with Crippen molar-refractivity contribution in [3.05, 3.63) is 18.0 Å². The van der Waals surface area contributed by atoms with E-state index in [-0.39, 0.29) is 0 Å². The summed E-state index contributed by atoms with van der Waals surface area (Å²) in [6.07, 6.45) is -4.18.